The van der Waals surface area contributed by atoms with Crippen molar-refractivity contribution in [3.05, 3.63) is 0 Å². The summed E-state index contributed by atoms with van der Waals surface area (Å²) >= 11 is 0. The van der Waals surface area contributed by atoms with Gasteiger partial charge in [0.15, 0.2) is 0 Å². The van der Waals surface area contributed by atoms with Gasteiger partial charge < -0.3 is 15.1 Å². The van der Waals surface area contributed by atoms with Crippen LogP contribution in [0.25, 0.3) is 0 Å². The van der Waals surface area contributed by atoms with Crippen LogP contribution in [-0.2, 0) is 9.59 Å². The van der Waals surface area contributed by atoms with Gasteiger partial charge in [0, 0.05) is 20.0 Å². The molecule has 0 aromatic carbocycles. The molecule has 0 saturated carbocycles. The van der Waals surface area contributed by atoms with Crippen LogP contribution in [-0.4, -0.2) is 46.2 Å². The minimum absolute atomic E-state index is 0.0753. The highest BCUT2D eigenvalue weighted by atomic mass is 16.4. The molecule has 0 aliphatic heterocycles. The Balaban J connectivity index is 3.92. The minimum Gasteiger partial charge on any atom is -0.481 e. The number of unbranched alkanes of at least 4 members (excludes halogenated alkanes) is 4. The van der Waals surface area contributed by atoms with E-state index in [4.69, 9.17) is 5.11 Å². The molecule has 148 valence electrons. The fraction of sp³-hybridized carbons (Fsp3) is 0.900. The molecule has 1 amide bonds. The van der Waals surface area contributed by atoms with Crippen molar-refractivity contribution >= 4 is 11.9 Å². The summed E-state index contributed by atoms with van der Waals surface area (Å²) in [6.07, 6.45) is 8.93. The summed E-state index contributed by atoms with van der Waals surface area (Å²) in [6.45, 7) is 8.66. The monoisotopic (exact) mass is 357 g/mol. The van der Waals surface area contributed by atoms with Gasteiger partial charge in [-0.3, -0.25) is 9.59 Å². The molecule has 0 fully saturated rings. The van der Waals surface area contributed by atoms with E-state index in [0.717, 1.165) is 64.3 Å². The van der Waals surface area contributed by atoms with Crippen LogP contribution in [0.2, 0.25) is 0 Å². The first kappa shape index (κ1) is 23.9. The van der Waals surface area contributed by atoms with Gasteiger partial charge in [-0.2, -0.15) is 0 Å². The fourth-order valence-corrected chi connectivity index (χ4v) is 2.87. The molecule has 1 unspecified atom stereocenters. The maximum Gasteiger partial charge on any atom is 0.309 e. The van der Waals surface area contributed by atoms with Crippen LogP contribution >= 0.6 is 0 Å². The highest BCUT2D eigenvalue weighted by Gasteiger charge is 2.26. The van der Waals surface area contributed by atoms with Crippen LogP contribution in [0.15, 0.2) is 0 Å². The predicted octanol–water partition coefficient (Wildman–Crippen LogP) is 4.23. The lowest BCUT2D eigenvalue weighted by molar-refractivity contribution is -0.147. The number of nitrogens with zero attached hydrogens (tertiary/aromatic N) is 1. The molecule has 1 atom stereocenters. The molecular weight excluding hydrogens is 318 g/mol. The highest BCUT2D eigenvalue weighted by Crippen LogP contribution is 2.23. The molecule has 0 aromatic heterocycles. The average molecular weight is 358 g/mol. The first-order valence-electron chi connectivity index (χ1n) is 9.87. The van der Waals surface area contributed by atoms with Gasteiger partial charge in [0.1, 0.15) is 0 Å². The zero-order chi connectivity index (χ0) is 19.3. The number of hydrogen-bond acceptors (Lipinski definition) is 3. The van der Waals surface area contributed by atoms with Crippen LogP contribution in [0.4, 0.5) is 0 Å². The molecule has 0 heterocycles. The highest BCUT2D eigenvalue weighted by molar-refractivity contribution is 5.73. The minimum atomic E-state index is -0.754. The number of carbonyl (C=O) groups is 2. The number of carboxylic acids is 1. The molecule has 25 heavy (non-hydrogen) atoms. The lowest BCUT2D eigenvalue weighted by atomic mass is 9.87. The summed E-state index contributed by atoms with van der Waals surface area (Å²) in [5.41, 5.74) is -0.672. The quantitative estimate of drug-likeness (QED) is 0.430. The van der Waals surface area contributed by atoms with Gasteiger partial charge in [0.25, 0.3) is 0 Å². The first-order valence-corrected chi connectivity index (χ1v) is 9.87. The largest absolute Gasteiger partial charge is 0.481 e. The lowest BCUT2D eigenvalue weighted by Gasteiger charge is -2.22. The van der Waals surface area contributed by atoms with Crippen molar-refractivity contribution in [2.24, 2.45) is 5.41 Å². The summed E-state index contributed by atoms with van der Waals surface area (Å²) in [6, 6.07) is 0. The maximum atomic E-state index is 11.7. The van der Waals surface area contributed by atoms with Crippen molar-refractivity contribution in [1.82, 2.24) is 4.90 Å². The third-order valence-electron chi connectivity index (χ3n) is 4.86. The van der Waals surface area contributed by atoms with Gasteiger partial charge >= 0.3 is 5.97 Å². The Bertz CT molecular complexity index is 382. The van der Waals surface area contributed by atoms with E-state index in [-0.39, 0.29) is 12.0 Å². The van der Waals surface area contributed by atoms with Gasteiger partial charge in [-0.05, 0) is 46.0 Å². The SMILES string of the molecule is CCCCCC(O)CCCN(CCCCCC(C)(C)C(=O)O)C(C)=O. The third kappa shape index (κ3) is 12.0. The van der Waals surface area contributed by atoms with E-state index >= 15 is 0 Å². The van der Waals surface area contributed by atoms with E-state index in [9.17, 15) is 14.7 Å². The van der Waals surface area contributed by atoms with Crippen molar-refractivity contribution < 1.29 is 19.8 Å². The second-order valence-corrected chi connectivity index (χ2v) is 7.80. The molecule has 0 spiro atoms. The van der Waals surface area contributed by atoms with E-state index in [0.29, 0.717) is 13.0 Å². The second-order valence-electron chi connectivity index (χ2n) is 7.80. The fourth-order valence-electron chi connectivity index (χ4n) is 2.87. The molecule has 0 saturated heterocycles. The average Bonchev–Trinajstić information content (AvgIpc) is 2.52. The van der Waals surface area contributed by atoms with E-state index in [1.54, 1.807) is 20.8 Å². The Kier molecular flexibility index (Phi) is 12.6. The molecule has 5 nitrogen and oxygen atoms in total. The zero-order valence-electron chi connectivity index (χ0n) is 16.7. The molecule has 0 rings (SSSR count). The number of amides is 1. The molecular formula is C20H39NO4. The Morgan fingerprint density at radius 2 is 1.56 bits per heavy atom. The summed E-state index contributed by atoms with van der Waals surface area (Å²) in [5.74, 6) is -0.679. The lowest BCUT2D eigenvalue weighted by Crippen LogP contribution is -2.31. The number of carbonyl (C=O) groups excluding carboxylic acids is 1. The van der Waals surface area contributed by atoms with Gasteiger partial charge in [0.05, 0.1) is 11.5 Å². The van der Waals surface area contributed by atoms with Gasteiger partial charge in [-0.15, -0.1) is 0 Å². The van der Waals surface area contributed by atoms with Crippen LogP contribution < -0.4 is 0 Å². The number of rotatable bonds is 15. The van der Waals surface area contributed by atoms with E-state index in [2.05, 4.69) is 6.92 Å². The number of aliphatic hydroxyl groups is 1. The smallest absolute Gasteiger partial charge is 0.309 e. The number of aliphatic carboxylic acids is 1. The van der Waals surface area contributed by atoms with Crippen LogP contribution in [0.3, 0.4) is 0 Å². The molecule has 2 N–H and O–H groups in total. The van der Waals surface area contributed by atoms with E-state index in [1.165, 1.54) is 0 Å². The maximum absolute atomic E-state index is 11.7. The Morgan fingerprint density at radius 3 is 2.12 bits per heavy atom. The molecule has 0 radical (unpaired) electrons. The van der Waals surface area contributed by atoms with Crippen molar-refractivity contribution in [2.75, 3.05) is 13.1 Å². The topological polar surface area (TPSA) is 77.8 Å². The molecule has 5 heteroatoms. The molecule has 0 aliphatic rings. The molecule has 0 bridgehead atoms. The Morgan fingerprint density at radius 1 is 0.960 bits per heavy atom. The van der Waals surface area contributed by atoms with Crippen molar-refractivity contribution in [3.8, 4) is 0 Å². The summed E-state index contributed by atoms with van der Waals surface area (Å²) in [4.78, 5) is 24.6. The normalized spacial score (nSPS) is 12.8. The number of carboxylic acid groups (broad SMARTS) is 1. The second kappa shape index (κ2) is 13.2. The Hall–Kier alpha value is -1.10. The first-order chi connectivity index (χ1) is 11.7. The van der Waals surface area contributed by atoms with Crippen molar-refractivity contribution in [2.45, 2.75) is 98.0 Å². The number of aliphatic hydroxyl groups excluding tert-OH is 1. The van der Waals surface area contributed by atoms with Crippen molar-refractivity contribution in [1.29, 1.82) is 0 Å². The van der Waals surface area contributed by atoms with Gasteiger partial charge in [0.2, 0.25) is 5.91 Å². The third-order valence-corrected chi connectivity index (χ3v) is 4.86. The van der Waals surface area contributed by atoms with Gasteiger partial charge in [-0.1, -0.05) is 39.0 Å². The molecule has 0 aromatic rings. The van der Waals surface area contributed by atoms with Gasteiger partial charge in [-0.25, -0.2) is 0 Å². The summed E-state index contributed by atoms with van der Waals surface area (Å²) in [5, 5.41) is 19.0. The summed E-state index contributed by atoms with van der Waals surface area (Å²) < 4.78 is 0. The van der Waals surface area contributed by atoms with E-state index in [1.807, 2.05) is 4.90 Å². The Labute approximate surface area is 153 Å². The van der Waals surface area contributed by atoms with Crippen molar-refractivity contribution in [3.63, 3.8) is 0 Å². The van der Waals surface area contributed by atoms with Crippen LogP contribution in [0.1, 0.15) is 91.9 Å². The van der Waals surface area contributed by atoms with Crippen LogP contribution in [0.5, 0.6) is 0 Å². The molecule has 0 aliphatic carbocycles. The standard InChI is InChI=1S/C20H39NO4/c1-5-6-8-12-18(23)13-11-16-21(17(2)22)15-10-7-9-14-20(3,4)19(24)25/h18,23H,5-16H2,1-4H3,(H,24,25). The number of hydrogen-bond donors (Lipinski definition) is 2. The predicted molar refractivity (Wildman–Crippen MR) is 102 cm³/mol. The zero-order valence-corrected chi connectivity index (χ0v) is 16.7. The van der Waals surface area contributed by atoms with Crippen LogP contribution in [0, 0.1) is 5.41 Å². The van der Waals surface area contributed by atoms with E-state index < -0.39 is 11.4 Å². The summed E-state index contributed by atoms with van der Waals surface area (Å²) in [7, 11) is 0.